The molecular formula is C21H19FN2O4. The Balaban J connectivity index is 1.97. The van der Waals surface area contributed by atoms with Crippen molar-refractivity contribution in [2.75, 3.05) is 0 Å². The number of carboxylic acid groups (broad SMARTS) is 1. The van der Waals surface area contributed by atoms with E-state index in [9.17, 15) is 19.1 Å². The first-order valence-electron chi connectivity index (χ1n) is 8.69. The third-order valence-corrected chi connectivity index (χ3v) is 4.37. The Morgan fingerprint density at radius 2 is 1.96 bits per heavy atom. The van der Waals surface area contributed by atoms with Gasteiger partial charge in [-0.2, -0.15) is 5.10 Å². The zero-order chi connectivity index (χ0) is 20.3. The van der Waals surface area contributed by atoms with E-state index in [2.05, 4.69) is 5.10 Å². The van der Waals surface area contributed by atoms with Crippen molar-refractivity contribution in [2.24, 2.45) is 0 Å². The van der Waals surface area contributed by atoms with E-state index in [1.807, 2.05) is 25.3 Å². The summed E-state index contributed by atoms with van der Waals surface area (Å²) < 4.78 is 15.0. The van der Waals surface area contributed by atoms with Crippen molar-refractivity contribution in [3.8, 4) is 11.3 Å². The molecule has 3 aromatic rings. The average molecular weight is 382 g/mol. The zero-order valence-electron chi connectivity index (χ0n) is 15.2. The van der Waals surface area contributed by atoms with Crippen LogP contribution in [0.4, 0.5) is 4.39 Å². The first-order chi connectivity index (χ1) is 13.3. The maximum atomic E-state index is 13.3. The number of hydrogen-bond acceptors (Lipinski definition) is 4. The minimum Gasteiger partial charge on any atom is -0.481 e. The molecule has 0 spiro atoms. The second-order valence-electron chi connectivity index (χ2n) is 6.47. The van der Waals surface area contributed by atoms with Gasteiger partial charge in [0.2, 0.25) is 0 Å². The highest BCUT2D eigenvalue weighted by Gasteiger charge is 2.15. The van der Waals surface area contributed by atoms with E-state index < -0.39 is 24.3 Å². The molecule has 0 aliphatic heterocycles. The lowest BCUT2D eigenvalue weighted by Crippen LogP contribution is -2.14. The number of carboxylic acids is 1. The van der Waals surface area contributed by atoms with Crippen LogP contribution >= 0.6 is 0 Å². The molecule has 1 aromatic carbocycles. The highest BCUT2D eigenvalue weighted by molar-refractivity contribution is 5.95. The molecule has 3 rings (SSSR count). The van der Waals surface area contributed by atoms with Crippen molar-refractivity contribution in [1.82, 2.24) is 9.61 Å². The van der Waals surface area contributed by atoms with Gasteiger partial charge in [0.1, 0.15) is 18.0 Å². The van der Waals surface area contributed by atoms with E-state index in [-0.39, 0.29) is 12.2 Å². The summed E-state index contributed by atoms with van der Waals surface area (Å²) in [4.78, 5) is 22.2. The lowest BCUT2D eigenvalue weighted by molar-refractivity contribution is -0.140. The van der Waals surface area contributed by atoms with Gasteiger partial charge in [0.05, 0.1) is 17.3 Å². The van der Waals surface area contributed by atoms with Crippen LogP contribution in [-0.2, 0) is 9.59 Å². The lowest BCUT2D eigenvalue weighted by Gasteiger charge is -2.12. The van der Waals surface area contributed by atoms with E-state index in [1.165, 1.54) is 18.2 Å². The minimum absolute atomic E-state index is 0.283. The molecule has 2 N–H and O–H groups in total. The van der Waals surface area contributed by atoms with Crippen LogP contribution in [0.15, 0.2) is 48.7 Å². The number of ketones is 1. The number of aromatic nitrogens is 2. The van der Waals surface area contributed by atoms with Gasteiger partial charge < -0.3 is 10.2 Å². The molecule has 2 heterocycles. The van der Waals surface area contributed by atoms with Gasteiger partial charge in [0, 0.05) is 23.7 Å². The molecule has 1 unspecified atom stereocenters. The van der Waals surface area contributed by atoms with E-state index in [4.69, 9.17) is 5.11 Å². The molecule has 0 fully saturated rings. The molecule has 0 radical (unpaired) electrons. The van der Waals surface area contributed by atoms with Crippen molar-refractivity contribution < 1.29 is 24.2 Å². The number of carbonyl (C=O) groups is 2. The van der Waals surface area contributed by atoms with Crippen molar-refractivity contribution in [2.45, 2.75) is 25.9 Å². The number of aliphatic hydroxyl groups is 1. The van der Waals surface area contributed by atoms with Crippen LogP contribution in [-0.4, -0.2) is 37.7 Å². The molecule has 7 heteroatoms. The van der Waals surface area contributed by atoms with Gasteiger partial charge in [-0.05, 0) is 48.9 Å². The summed E-state index contributed by atoms with van der Waals surface area (Å²) in [6.07, 6.45) is 2.89. The summed E-state index contributed by atoms with van der Waals surface area (Å²) in [6, 6.07) is 9.70. The molecule has 144 valence electrons. The van der Waals surface area contributed by atoms with Crippen LogP contribution in [0.3, 0.4) is 0 Å². The highest BCUT2D eigenvalue weighted by Crippen LogP contribution is 2.28. The molecule has 0 bridgehead atoms. The molecule has 28 heavy (non-hydrogen) atoms. The Morgan fingerprint density at radius 1 is 1.25 bits per heavy atom. The Hall–Kier alpha value is -3.32. The standard InChI is InChI=1S/C21H19FN2O4/c1-13-18(9-8-16(25)11-17(26)12-20(27)28)21(14-4-6-15(22)7-5-14)23-24-10-2-3-19(13)24/h2-10,16,25H,11-12H2,1H3,(H,27,28)/b9-8+. The van der Waals surface area contributed by atoms with Gasteiger partial charge in [0.15, 0.2) is 0 Å². The molecule has 0 saturated carbocycles. The fraction of sp³-hybridized carbons (Fsp3) is 0.190. The summed E-state index contributed by atoms with van der Waals surface area (Å²) in [7, 11) is 0. The van der Waals surface area contributed by atoms with Crippen molar-refractivity contribution >= 4 is 23.3 Å². The maximum absolute atomic E-state index is 13.3. The number of aryl methyl sites for hydroxylation is 1. The van der Waals surface area contributed by atoms with Crippen molar-refractivity contribution in [3.05, 3.63) is 65.6 Å². The smallest absolute Gasteiger partial charge is 0.310 e. The molecule has 1 atom stereocenters. The quantitative estimate of drug-likeness (QED) is 0.612. The monoisotopic (exact) mass is 382 g/mol. The predicted octanol–water partition coefficient (Wildman–Crippen LogP) is 3.26. The number of benzene rings is 1. The molecule has 2 aromatic heterocycles. The molecule has 0 saturated heterocycles. The fourth-order valence-electron chi connectivity index (χ4n) is 3.01. The first-order valence-corrected chi connectivity index (χ1v) is 8.69. The number of carbonyl (C=O) groups excluding carboxylic acids is 1. The lowest BCUT2D eigenvalue weighted by atomic mass is 10.00. The number of Topliss-reactive ketones (excluding diaryl/α,β-unsaturated/α-hetero) is 1. The maximum Gasteiger partial charge on any atom is 0.310 e. The zero-order valence-corrected chi connectivity index (χ0v) is 15.2. The Kier molecular flexibility index (Phi) is 5.65. The number of aliphatic hydroxyl groups excluding tert-OH is 1. The summed E-state index contributed by atoms with van der Waals surface area (Å²) in [5, 5.41) is 23.3. The number of hydrogen-bond donors (Lipinski definition) is 2. The molecule has 0 aliphatic rings. The number of rotatable bonds is 7. The summed E-state index contributed by atoms with van der Waals surface area (Å²) in [5.41, 5.74) is 3.81. The van der Waals surface area contributed by atoms with Gasteiger partial charge in [-0.15, -0.1) is 0 Å². The largest absolute Gasteiger partial charge is 0.481 e. The van der Waals surface area contributed by atoms with Crippen molar-refractivity contribution in [3.63, 3.8) is 0 Å². The van der Waals surface area contributed by atoms with E-state index >= 15 is 0 Å². The second-order valence-corrected chi connectivity index (χ2v) is 6.47. The van der Waals surface area contributed by atoms with Gasteiger partial charge in [0.25, 0.3) is 0 Å². The minimum atomic E-state index is -1.22. The van der Waals surface area contributed by atoms with Crippen LogP contribution in [0.25, 0.3) is 22.9 Å². The molecular weight excluding hydrogens is 363 g/mol. The van der Waals surface area contributed by atoms with Crippen LogP contribution in [0.1, 0.15) is 24.0 Å². The average Bonchev–Trinajstić information content (AvgIpc) is 3.09. The van der Waals surface area contributed by atoms with E-state index in [1.54, 1.807) is 22.7 Å². The van der Waals surface area contributed by atoms with Crippen molar-refractivity contribution in [1.29, 1.82) is 0 Å². The number of nitrogens with zero attached hydrogens (tertiary/aromatic N) is 2. The fourth-order valence-corrected chi connectivity index (χ4v) is 3.01. The van der Waals surface area contributed by atoms with E-state index in [0.717, 1.165) is 16.6 Å². The topological polar surface area (TPSA) is 91.9 Å². The van der Waals surface area contributed by atoms with Gasteiger partial charge in [-0.1, -0.05) is 12.2 Å². The van der Waals surface area contributed by atoms with Gasteiger partial charge >= 0.3 is 5.97 Å². The normalized spacial score (nSPS) is 12.5. The first kappa shape index (κ1) is 19.4. The van der Waals surface area contributed by atoms with E-state index in [0.29, 0.717) is 11.3 Å². The molecule has 0 amide bonds. The van der Waals surface area contributed by atoms with Crippen LogP contribution in [0.2, 0.25) is 0 Å². The highest BCUT2D eigenvalue weighted by atomic mass is 19.1. The van der Waals surface area contributed by atoms with Crippen LogP contribution < -0.4 is 0 Å². The number of halogens is 1. The summed E-state index contributed by atoms with van der Waals surface area (Å²) in [5.74, 6) is -2.13. The molecule has 6 nitrogen and oxygen atoms in total. The van der Waals surface area contributed by atoms with Gasteiger partial charge in [-0.25, -0.2) is 8.91 Å². The Morgan fingerprint density at radius 3 is 2.64 bits per heavy atom. The summed E-state index contributed by atoms with van der Waals surface area (Å²) >= 11 is 0. The van der Waals surface area contributed by atoms with Gasteiger partial charge in [-0.3, -0.25) is 9.59 Å². The number of aliphatic carboxylic acids is 1. The Bertz CT molecular complexity index is 1050. The number of fused-ring (bicyclic) bond motifs is 1. The van der Waals surface area contributed by atoms with Crippen LogP contribution in [0, 0.1) is 12.7 Å². The third-order valence-electron chi connectivity index (χ3n) is 4.37. The summed E-state index contributed by atoms with van der Waals surface area (Å²) in [6.45, 7) is 1.91. The van der Waals surface area contributed by atoms with Crippen LogP contribution in [0.5, 0.6) is 0 Å². The third kappa shape index (κ3) is 4.32. The molecule has 0 aliphatic carbocycles. The predicted molar refractivity (Wildman–Crippen MR) is 102 cm³/mol. The second kappa shape index (κ2) is 8.14. The SMILES string of the molecule is Cc1c(/C=C/C(O)CC(=O)CC(=O)O)c(-c2ccc(F)cc2)nn2cccc12. The Labute approximate surface area is 160 Å².